The lowest BCUT2D eigenvalue weighted by molar-refractivity contribution is -0.137. The van der Waals surface area contributed by atoms with Gasteiger partial charge in [-0.05, 0) is 245 Å². The number of aryl methyl sites for hydroxylation is 2. The van der Waals surface area contributed by atoms with Gasteiger partial charge >= 0.3 is 23.9 Å². The highest BCUT2D eigenvalue weighted by Gasteiger charge is 2.30. The van der Waals surface area contributed by atoms with Crippen LogP contribution in [0.15, 0.2) is 154 Å². The molecule has 8 aliphatic rings. The van der Waals surface area contributed by atoms with E-state index in [0.29, 0.717) is 76.3 Å². The van der Waals surface area contributed by atoms with Crippen LogP contribution < -0.4 is 0 Å². The number of halogens is 2. The average Bonchev–Trinajstić information content (AvgIpc) is 0.798. The average molecular weight is 1860 g/mol. The number of carbonyl (C=O) groups is 8. The summed E-state index contributed by atoms with van der Waals surface area (Å²) in [7, 11) is 0. The van der Waals surface area contributed by atoms with E-state index in [-0.39, 0.29) is 162 Å². The molecule has 132 heavy (non-hydrogen) atoms. The number of phenolic OH excluding ortho intramolecular Hbond substituents is 6. The van der Waals surface area contributed by atoms with Crippen molar-refractivity contribution >= 4 is 93.6 Å². The van der Waals surface area contributed by atoms with Crippen molar-refractivity contribution in [1.82, 2.24) is 19.6 Å². The van der Waals surface area contributed by atoms with Crippen LogP contribution in [0.1, 0.15) is 243 Å². The maximum absolute atomic E-state index is 12.9. The van der Waals surface area contributed by atoms with Crippen LogP contribution in [0.2, 0.25) is 10.0 Å². The Morgan fingerprint density at radius 2 is 0.667 bits per heavy atom. The van der Waals surface area contributed by atoms with Gasteiger partial charge in [0.15, 0.2) is 26.4 Å². The van der Waals surface area contributed by atoms with E-state index in [0.717, 1.165) is 198 Å². The van der Waals surface area contributed by atoms with Gasteiger partial charge < -0.3 is 88.5 Å². The molecule has 32 heteroatoms. The van der Waals surface area contributed by atoms with E-state index >= 15 is 0 Å². The lowest BCUT2D eigenvalue weighted by atomic mass is 9.96. The monoisotopic (exact) mass is 1860 g/mol. The highest BCUT2D eigenvalue weighted by molar-refractivity contribution is 6.34. The quantitative estimate of drug-likeness (QED) is 0.0332. The summed E-state index contributed by atoms with van der Waals surface area (Å²) in [5.41, 5.74) is 5.10. The van der Waals surface area contributed by atoms with Crippen molar-refractivity contribution in [1.29, 1.82) is 0 Å². The van der Waals surface area contributed by atoms with Crippen molar-refractivity contribution in [3.8, 4) is 34.5 Å². The second kappa shape index (κ2) is 55.9. The highest BCUT2D eigenvalue weighted by Crippen LogP contribution is 2.39. The van der Waals surface area contributed by atoms with Crippen LogP contribution in [0.25, 0.3) is 0 Å². The van der Waals surface area contributed by atoms with E-state index < -0.39 is 29.6 Å². The molecule has 6 N–H and O–H groups in total. The number of hydrogen-bond acceptors (Lipinski definition) is 26. The van der Waals surface area contributed by atoms with Gasteiger partial charge in [-0.3, -0.25) is 19.2 Å². The molecule has 4 amide bonds. The number of oxime groups is 4. The third-order valence-electron chi connectivity index (χ3n) is 22.5. The van der Waals surface area contributed by atoms with E-state index in [1.54, 1.807) is 52.8 Å². The first kappa shape index (κ1) is 104. The predicted octanol–water partition coefficient (Wildman–Crippen LogP) is 17.2. The molecule has 0 aliphatic carbocycles. The summed E-state index contributed by atoms with van der Waals surface area (Å²) in [5, 5.41) is 78.2. The molecule has 0 unspecified atom stereocenters. The minimum atomic E-state index is -0.751. The number of hydrogen-bond donors (Lipinski definition) is 6. The molecule has 30 nitrogen and oxygen atoms in total. The van der Waals surface area contributed by atoms with Crippen LogP contribution in [0.4, 0.5) is 0 Å². The number of allylic oxidation sites excluding steroid dienone is 12. The largest absolute Gasteiger partial charge is 0.508 e. The van der Waals surface area contributed by atoms with Gasteiger partial charge in [0.1, 0.15) is 63.4 Å². The van der Waals surface area contributed by atoms with Gasteiger partial charge in [-0.15, -0.1) is 0 Å². The van der Waals surface area contributed by atoms with Gasteiger partial charge in [-0.25, -0.2) is 19.2 Å². The molecule has 2 atom stereocenters. The zero-order valence-corrected chi connectivity index (χ0v) is 77.6. The first-order valence-corrected chi connectivity index (χ1v) is 46.6. The number of phenols is 6. The maximum atomic E-state index is 12.9. The molecule has 0 bridgehead atoms. The number of benzene rings is 4. The summed E-state index contributed by atoms with van der Waals surface area (Å²) in [4.78, 5) is 129. The summed E-state index contributed by atoms with van der Waals surface area (Å²) in [5.74, 6) is -4.48. The molecule has 0 saturated carbocycles. The molecular weight excluding hydrogens is 1740 g/mol. The van der Waals surface area contributed by atoms with Crippen molar-refractivity contribution in [2.45, 2.75) is 220 Å². The van der Waals surface area contributed by atoms with Crippen molar-refractivity contribution in [3.05, 3.63) is 199 Å². The van der Waals surface area contributed by atoms with Crippen LogP contribution in [-0.2, 0) is 83.2 Å². The Bertz CT molecular complexity index is 4680. The Kier molecular flexibility index (Phi) is 43.8. The third-order valence-corrected chi connectivity index (χ3v) is 23.3. The number of amides is 4. The Morgan fingerprint density at radius 3 is 1.05 bits per heavy atom. The van der Waals surface area contributed by atoms with Crippen molar-refractivity contribution in [3.63, 3.8) is 0 Å². The van der Waals surface area contributed by atoms with Gasteiger partial charge in [-0.2, -0.15) is 0 Å². The number of aromatic hydroxyl groups is 6. The zero-order chi connectivity index (χ0) is 94.5. The van der Waals surface area contributed by atoms with Crippen LogP contribution in [-0.4, -0.2) is 225 Å². The summed E-state index contributed by atoms with van der Waals surface area (Å²) in [6.07, 6.45) is 52.1. The fourth-order valence-electron chi connectivity index (χ4n) is 15.6. The van der Waals surface area contributed by atoms with Gasteiger partial charge in [0.2, 0.25) is 0 Å². The maximum Gasteiger partial charge on any atom is 0.342 e. The number of piperidine rings is 4. The van der Waals surface area contributed by atoms with Crippen LogP contribution in [0.5, 0.6) is 34.5 Å². The fraction of sp³-hybridized carbons (Fsp3) is 0.480. The van der Waals surface area contributed by atoms with E-state index in [1.807, 2.05) is 97.7 Å². The predicted molar refractivity (Wildman–Crippen MR) is 504 cm³/mol. The molecule has 0 spiro atoms. The molecule has 0 radical (unpaired) electrons. The van der Waals surface area contributed by atoms with E-state index in [1.165, 1.54) is 12.1 Å². The summed E-state index contributed by atoms with van der Waals surface area (Å²) in [6, 6.07) is 8.35. The van der Waals surface area contributed by atoms with Crippen LogP contribution in [0, 0.1) is 13.8 Å². The number of ether oxygens (including phenoxy) is 4. The standard InChI is InChI=1S/C26H34N2O5.C25H31ClN2O5.C25H32N2O6.C24H29ClN2O6/c1-19-15-21-17-22(27-32-18-24(30)28-13-9-6-10-14-28)12-8-5-3-4-7-11-20(2)33-26(31)25(21)23(29)16-19;1-18-15-21(29)24(26)20-16-19(27-33-17-22(30)28-12-8-6-9-13-28)11-7-4-2-3-5-10-14-32-25(31)23(18)20;1-18-10-6-3-2-4-7-11-20(26-32-17-23(30)27-12-8-5-9-13-27)14-19-15-21(28)16-22(29)24(19)25(31)33-18;25-23-18-14-17(26-33-16-21(30)27-11-7-5-8-12-27)10-6-3-1-2-4-9-13-32-24(31)22(18)19(28)15-20(23)29/h4,7-8,12,15-16,20,29H,3,5-6,9-11,13-14,17-18H2,1-2H3;3,5,7,11,15,29H,2,4,6,8-10,12-14,16-17H2,1H3;3,6-7,11,15-16,18,28-29H,2,4-5,8-10,12-14,17H2,1H3;2,4,6,10,15,28-29H,1,3,5,7-9,11-14,16H2/b7-4+,12-8+,27-22?;5-3+,11-7+,27-19?;6-3+,11-7+,26-20?;4-2+,10-6+,26-17?/t20-;;18-;/m1.1./s1. The summed E-state index contributed by atoms with van der Waals surface area (Å²) >= 11 is 12.7. The topological polar surface area (TPSA) is 394 Å². The van der Waals surface area contributed by atoms with Crippen molar-refractivity contribution in [2.75, 3.05) is 92.0 Å². The van der Waals surface area contributed by atoms with Gasteiger partial charge in [0.05, 0.1) is 51.7 Å². The molecule has 4 aromatic rings. The Labute approximate surface area is 782 Å². The molecule has 4 saturated heterocycles. The highest BCUT2D eigenvalue weighted by atomic mass is 35.5. The number of likely N-dealkylation sites (tertiary alicyclic amines) is 4. The number of carbonyl (C=O) groups excluding carboxylic acids is 8. The SMILES string of the molecule is C[C@@H]1C/C=C/CC/C=C/C(=NOCC(=O)N2CCCCC2)Cc2cc(O)cc(O)c2C(=O)O1.Cc1cc(O)c(Cl)c2c1C(=O)OCC/C=C/CC/C=C/C(=NOCC(=O)N1CCCCC1)C2.Cc1cc(O)c2c(c1)CC(=NOCC(=O)N1CCCCC1)/C=C/CC/C=C/C[C@@H](C)OC2=O.O=C1OCC/C=C/CC/C=C/C(=NOCC(=O)N2CCCCC2)Cc2c(Cl)c(O)cc(O)c21. The second-order valence-electron chi connectivity index (χ2n) is 33.2. The minimum Gasteiger partial charge on any atom is -0.508 e. The third kappa shape index (κ3) is 34.5. The number of fused-ring (bicyclic) bond motifs is 4. The van der Waals surface area contributed by atoms with E-state index in [2.05, 4.69) is 26.7 Å². The number of nitrogens with zero attached hydrogens (tertiary/aromatic N) is 8. The molecule has 0 aromatic heterocycles. The minimum absolute atomic E-state index is 0.0184. The molecule has 8 heterocycles. The molecule has 4 aromatic carbocycles. The van der Waals surface area contributed by atoms with Crippen molar-refractivity contribution < 1.29 is 107 Å². The number of esters is 4. The molecule has 12 rings (SSSR count). The van der Waals surface area contributed by atoms with Crippen molar-refractivity contribution in [2.24, 2.45) is 20.6 Å². The zero-order valence-electron chi connectivity index (χ0n) is 76.1. The Morgan fingerprint density at radius 1 is 0.356 bits per heavy atom. The first-order chi connectivity index (χ1) is 63.8. The Hall–Kier alpha value is -12.2. The van der Waals surface area contributed by atoms with E-state index in [9.17, 15) is 69.0 Å². The van der Waals surface area contributed by atoms with E-state index in [4.69, 9.17) is 61.5 Å². The van der Waals surface area contributed by atoms with Crippen LogP contribution in [0.3, 0.4) is 0 Å². The summed E-state index contributed by atoms with van der Waals surface area (Å²) in [6.45, 7) is 12.9. The lowest BCUT2D eigenvalue weighted by Crippen LogP contribution is -2.37. The molecule has 8 aliphatic heterocycles. The second-order valence-corrected chi connectivity index (χ2v) is 34.0. The normalized spacial score (nSPS) is 22.1. The Balaban J connectivity index is 0.000000198. The van der Waals surface area contributed by atoms with Gasteiger partial charge in [-0.1, -0.05) is 123 Å². The molecule has 4 fully saturated rings. The van der Waals surface area contributed by atoms with Gasteiger partial charge in [0, 0.05) is 103 Å². The van der Waals surface area contributed by atoms with Gasteiger partial charge in [0.25, 0.3) is 23.6 Å². The first-order valence-electron chi connectivity index (χ1n) is 45.8. The van der Waals surface area contributed by atoms with Crippen LogP contribution >= 0.6 is 23.2 Å². The molecule has 712 valence electrons. The fourth-order valence-corrected chi connectivity index (χ4v) is 16.0. The number of cyclic esters (lactones) is 4. The number of rotatable bonds is 12. The lowest BCUT2D eigenvalue weighted by Gasteiger charge is -2.26. The summed E-state index contributed by atoms with van der Waals surface area (Å²) < 4.78 is 21.8. The smallest absolute Gasteiger partial charge is 0.342 e. The molecular formula is C100H126Cl2N8O22.